The highest BCUT2D eigenvalue weighted by Crippen LogP contribution is 2.50. The Kier molecular flexibility index (Phi) is 7.33. The van der Waals surface area contributed by atoms with E-state index in [2.05, 4.69) is 60.8 Å². The lowest BCUT2D eigenvalue weighted by Gasteiger charge is -2.37. The molecule has 0 radical (unpaired) electrons. The molecule has 0 spiro atoms. The van der Waals surface area contributed by atoms with Gasteiger partial charge in [0.05, 0.1) is 11.7 Å². The van der Waals surface area contributed by atoms with Gasteiger partial charge in [0, 0.05) is 5.92 Å². The molecule has 2 aliphatic rings. The molecule has 2 N–H and O–H groups in total. The van der Waals surface area contributed by atoms with Gasteiger partial charge in [0.25, 0.3) is 0 Å². The number of nitrogens with one attached hydrogen (secondary N) is 1. The number of rotatable bonds is 4. The summed E-state index contributed by atoms with van der Waals surface area (Å²) in [4.78, 5) is 8.90. The van der Waals surface area contributed by atoms with E-state index in [4.69, 9.17) is 14.6 Å². The average Bonchev–Trinajstić information content (AvgIpc) is 3.34. The molecule has 1 aliphatic heterocycles. The number of hydrogen-bond donors (Lipinski definition) is 2. The van der Waals surface area contributed by atoms with Gasteiger partial charge in [-0.1, -0.05) is 66.2 Å². The van der Waals surface area contributed by atoms with Gasteiger partial charge in [-0.05, 0) is 54.2 Å². The number of aliphatic carboxylic acids is 1. The number of allylic oxidation sites excluding steroid dienone is 2. The Bertz CT molecular complexity index is 1240. The van der Waals surface area contributed by atoms with Crippen LogP contribution in [-0.2, 0) is 11.4 Å². The van der Waals surface area contributed by atoms with E-state index in [1.54, 1.807) is 6.07 Å². The SMILES string of the molecule is Cc1ccc(COc2ccc([C@@H]3Nc4c(F)cccc4[C@@H]4C=CC[C@@H]43)cc2)cc1.O=C(O)C(F)(F)F. The highest BCUT2D eigenvalue weighted by molar-refractivity contribution is 5.73. The maximum Gasteiger partial charge on any atom is 0.490 e. The van der Waals surface area contributed by atoms with Crippen LogP contribution in [0.4, 0.5) is 23.2 Å². The van der Waals surface area contributed by atoms with E-state index >= 15 is 0 Å². The first-order chi connectivity index (χ1) is 17.1. The first kappa shape index (κ1) is 25.3. The Morgan fingerprint density at radius 3 is 2.36 bits per heavy atom. The highest BCUT2D eigenvalue weighted by Gasteiger charge is 2.39. The maximum absolute atomic E-state index is 14.5. The number of anilines is 1. The lowest BCUT2D eigenvalue weighted by atomic mass is 9.77. The Balaban J connectivity index is 0.000000384. The summed E-state index contributed by atoms with van der Waals surface area (Å²) in [5.41, 5.74) is 5.28. The number of para-hydroxylation sites is 1. The molecule has 3 aromatic carbocycles. The minimum absolute atomic E-state index is 0.0885. The fourth-order valence-electron chi connectivity index (χ4n) is 4.54. The predicted octanol–water partition coefficient (Wildman–Crippen LogP) is 7.17. The molecule has 1 heterocycles. The number of carbonyl (C=O) groups is 1. The largest absolute Gasteiger partial charge is 0.490 e. The summed E-state index contributed by atoms with van der Waals surface area (Å²) in [6, 6.07) is 22.1. The smallest absolute Gasteiger partial charge is 0.489 e. The molecule has 0 unspecified atom stereocenters. The minimum atomic E-state index is -5.08. The van der Waals surface area contributed by atoms with Crippen LogP contribution in [0.25, 0.3) is 0 Å². The number of halogens is 4. The van der Waals surface area contributed by atoms with Crippen LogP contribution in [0.1, 0.15) is 40.6 Å². The third-order valence-corrected chi connectivity index (χ3v) is 6.35. The summed E-state index contributed by atoms with van der Waals surface area (Å²) in [6.07, 6.45) is 0.378. The molecule has 0 saturated heterocycles. The van der Waals surface area contributed by atoms with Crippen molar-refractivity contribution in [1.82, 2.24) is 0 Å². The van der Waals surface area contributed by atoms with Gasteiger partial charge >= 0.3 is 12.1 Å². The second kappa shape index (κ2) is 10.4. The van der Waals surface area contributed by atoms with E-state index in [1.165, 1.54) is 17.2 Å². The average molecular weight is 500 g/mol. The normalized spacial score (nSPS) is 19.9. The molecule has 8 heteroatoms. The summed E-state index contributed by atoms with van der Waals surface area (Å²) < 4.78 is 52.1. The van der Waals surface area contributed by atoms with Crippen LogP contribution < -0.4 is 10.1 Å². The lowest BCUT2D eigenvalue weighted by Crippen LogP contribution is -2.29. The summed E-state index contributed by atoms with van der Waals surface area (Å²) in [7, 11) is 0. The molecule has 0 amide bonds. The van der Waals surface area contributed by atoms with Crippen molar-refractivity contribution in [2.24, 2.45) is 5.92 Å². The number of ether oxygens (including phenoxy) is 1. The second-order valence-electron chi connectivity index (χ2n) is 8.83. The molecule has 3 aromatic rings. The van der Waals surface area contributed by atoms with E-state index < -0.39 is 12.1 Å². The van der Waals surface area contributed by atoms with Crippen molar-refractivity contribution in [2.45, 2.75) is 38.1 Å². The first-order valence-electron chi connectivity index (χ1n) is 11.4. The number of benzene rings is 3. The van der Waals surface area contributed by atoms with Crippen molar-refractivity contribution >= 4 is 11.7 Å². The number of aryl methyl sites for hydroxylation is 1. The topological polar surface area (TPSA) is 58.6 Å². The van der Waals surface area contributed by atoms with Crippen molar-refractivity contribution < 1.29 is 32.2 Å². The minimum Gasteiger partial charge on any atom is -0.489 e. The Hall–Kier alpha value is -3.81. The monoisotopic (exact) mass is 499 g/mol. The van der Waals surface area contributed by atoms with Gasteiger partial charge in [0.1, 0.15) is 18.2 Å². The van der Waals surface area contributed by atoms with Gasteiger partial charge < -0.3 is 15.2 Å². The Morgan fingerprint density at radius 2 is 1.72 bits per heavy atom. The zero-order valence-electron chi connectivity index (χ0n) is 19.4. The van der Waals surface area contributed by atoms with Gasteiger partial charge in [-0.25, -0.2) is 9.18 Å². The molecule has 1 aliphatic carbocycles. The zero-order chi connectivity index (χ0) is 25.9. The molecule has 0 bridgehead atoms. The van der Waals surface area contributed by atoms with Crippen LogP contribution >= 0.6 is 0 Å². The first-order valence-corrected chi connectivity index (χ1v) is 11.4. The predicted molar refractivity (Wildman–Crippen MR) is 128 cm³/mol. The number of alkyl halides is 3. The summed E-state index contributed by atoms with van der Waals surface area (Å²) >= 11 is 0. The van der Waals surface area contributed by atoms with E-state index in [0.29, 0.717) is 18.2 Å². The number of fused-ring (bicyclic) bond motifs is 3. The van der Waals surface area contributed by atoms with E-state index in [0.717, 1.165) is 23.3 Å². The van der Waals surface area contributed by atoms with Gasteiger partial charge in [-0.2, -0.15) is 13.2 Å². The van der Waals surface area contributed by atoms with Crippen molar-refractivity contribution in [3.05, 3.63) is 107 Å². The third kappa shape index (κ3) is 5.70. The maximum atomic E-state index is 14.5. The number of carboxylic acid groups (broad SMARTS) is 1. The molecule has 3 atom stereocenters. The molecule has 0 saturated carbocycles. The fourth-order valence-corrected chi connectivity index (χ4v) is 4.54. The molecular formula is C28H25F4NO3. The lowest BCUT2D eigenvalue weighted by molar-refractivity contribution is -0.192. The quantitative estimate of drug-likeness (QED) is 0.295. The van der Waals surface area contributed by atoms with E-state index in [9.17, 15) is 17.6 Å². The molecular weight excluding hydrogens is 474 g/mol. The van der Waals surface area contributed by atoms with Crippen molar-refractivity contribution in [1.29, 1.82) is 0 Å². The highest BCUT2D eigenvalue weighted by atomic mass is 19.4. The van der Waals surface area contributed by atoms with E-state index in [-0.39, 0.29) is 17.8 Å². The zero-order valence-corrected chi connectivity index (χ0v) is 19.4. The van der Waals surface area contributed by atoms with E-state index in [1.807, 2.05) is 18.2 Å². The van der Waals surface area contributed by atoms with Gasteiger partial charge in [0.15, 0.2) is 0 Å². The van der Waals surface area contributed by atoms with Gasteiger partial charge in [0.2, 0.25) is 0 Å². The fraction of sp³-hybridized carbons (Fsp3) is 0.250. The molecule has 0 fully saturated rings. The number of hydrogen-bond acceptors (Lipinski definition) is 3. The molecule has 0 aromatic heterocycles. The molecule has 188 valence electrons. The third-order valence-electron chi connectivity index (χ3n) is 6.35. The van der Waals surface area contributed by atoms with Crippen LogP contribution in [0.2, 0.25) is 0 Å². The van der Waals surface area contributed by atoms with Gasteiger partial charge in [-0.15, -0.1) is 0 Å². The summed E-state index contributed by atoms with van der Waals surface area (Å²) in [6.45, 7) is 2.63. The van der Waals surface area contributed by atoms with Crippen molar-refractivity contribution in [3.63, 3.8) is 0 Å². The van der Waals surface area contributed by atoms with Crippen LogP contribution in [-0.4, -0.2) is 17.3 Å². The van der Waals surface area contributed by atoms with Crippen LogP contribution in [0.15, 0.2) is 78.9 Å². The van der Waals surface area contributed by atoms with Crippen LogP contribution in [0.5, 0.6) is 5.75 Å². The second-order valence-corrected chi connectivity index (χ2v) is 8.83. The van der Waals surface area contributed by atoms with Crippen LogP contribution in [0.3, 0.4) is 0 Å². The van der Waals surface area contributed by atoms with Crippen molar-refractivity contribution in [2.75, 3.05) is 5.32 Å². The molecule has 4 nitrogen and oxygen atoms in total. The summed E-state index contributed by atoms with van der Waals surface area (Å²) in [5, 5.41) is 10.6. The molecule has 36 heavy (non-hydrogen) atoms. The Morgan fingerprint density at radius 1 is 1.06 bits per heavy atom. The Labute approximate surface area is 206 Å². The number of carboxylic acids is 1. The van der Waals surface area contributed by atoms with Gasteiger partial charge in [-0.3, -0.25) is 0 Å². The summed E-state index contributed by atoms with van der Waals surface area (Å²) in [5.74, 6) is -1.41. The van der Waals surface area contributed by atoms with Crippen molar-refractivity contribution in [3.8, 4) is 5.75 Å². The van der Waals surface area contributed by atoms with Crippen LogP contribution in [0, 0.1) is 18.7 Å². The molecule has 5 rings (SSSR count). The standard InChI is InChI=1S/C26H24FNO.C2HF3O2/c1-17-8-10-18(11-9-17)16-29-20-14-12-19(13-15-20)25-22-5-2-4-21(22)23-6-3-7-24(27)26(23)28-25;3-2(4,5)1(6)7/h2-4,6-15,21-22,25,28H,5,16H2,1H3;(H,6,7)/t21-,22+,25+;/m1./s1.